The molecule has 0 spiro atoms. The lowest BCUT2D eigenvalue weighted by atomic mass is 10.2. The summed E-state index contributed by atoms with van der Waals surface area (Å²) in [6, 6.07) is 9.50. The van der Waals surface area contributed by atoms with E-state index in [1.54, 1.807) is 0 Å². The van der Waals surface area contributed by atoms with Gasteiger partial charge in [-0.15, -0.1) is 0 Å². The number of rotatable bonds is 3. The van der Waals surface area contributed by atoms with Crippen molar-refractivity contribution in [3.63, 3.8) is 0 Å². The lowest BCUT2D eigenvalue weighted by Crippen LogP contribution is -2.02. The van der Waals surface area contributed by atoms with Crippen LogP contribution in [0.2, 0.25) is 5.02 Å². The number of hydrogen-bond donors (Lipinski definition) is 1. The summed E-state index contributed by atoms with van der Waals surface area (Å²) in [6.45, 7) is 4.69. The van der Waals surface area contributed by atoms with Gasteiger partial charge in [0.15, 0.2) is 11.3 Å². The molecule has 1 aromatic carbocycles. The van der Waals surface area contributed by atoms with E-state index < -0.39 is 0 Å². The first-order valence-corrected chi connectivity index (χ1v) is 6.83. The van der Waals surface area contributed by atoms with Gasteiger partial charge in [-0.2, -0.15) is 0 Å². The van der Waals surface area contributed by atoms with E-state index in [9.17, 15) is 0 Å². The largest absolute Gasteiger partial charge is 0.453 e. The highest BCUT2D eigenvalue weighted by Gasteiger charge is 2.11. The number of aromatic nitrogens is 2. The van der Waals surface area contributed by atoms with Crippen LogP contribution in [-0.2, 0) is 0 Å². The van der Waals surface area contributed by atoms with Crippen LogP contribution in [0.5, 0.6) is 0 Å². The summed E-state index contributed by atoms with van der Waals surface area (Å²) in [4.78, 5) is 8.75. The first kappa shape index (κ1) is 12.9. The van der Waals surface area contributed by atoms with Crippen LogP contribution in [-0.4, -0.2) is 16.5 Å². The third-order valence-corrected chi connectivity index (χ3v) is 3.24. The second-order valence-corrected chi connectivity index (χ2v) is 4.89. The van der Waals surface area contributed by atoms with E-state index in [0.717, 1.165) is 23.4 Å². The maximum Gasteiger partial charge on any atom is 0.154 e. The number of furan rings is 1. The fourth-order valence-electron chi connectivity index (χ4n) is 2.12. The van der Waals surface area contributed by atoms with E-state index in [-0.39, 0.29) is 0 Å². The fourth-order valence-corrected chi connectivity index (χ4v) is 2.34. The molecule has 1 N–H and O–H groups in total. The number of aryl methyl sites for hydroxylation is 1. The topological polar surface area (TPSA) is 51.0 Å². The van der Waals surface area contributed by atoms with Gasteiger partial charge in [0, 0.05) is 18.0 Å². The van der Waals surface area contributed by atoms with Gasteiger partial charge in [-0.25, -0.2) is 9.97 Å². The van der Waals surface area contributed by atoms with Crippen LogP contribution >= 0.6 is 11.6 Å². The summed E-state index contributed by atoms with van der Waals surface area (Å²) in [7, 11) is 0. The zero-order valence-corrected chi connectivity index (χ0v) is 12.0. The van der Waals surface area contributed by atoms with E-state index in [0.29, 0.717) is 22.2 Å². The average molecular weight is 288 g/mol. The van der Waals surface area contributed by atoms with Crippen molar-refractivity contribution >= 4 is 28.4 Å². The first-order chi connectivity index (χ1) is 9.67. The number of nitrogens with zero attached hydrogens (tertiary/aromatic N) is 2. The number of benzene rings is 1. The molecule has 0 amide bonds. The van der Waals surface area contributed by atoms with E-state index in [2.05, 4.69) is 15.3 Å². The van der Waals surface area contributed by atoms with Crippen molar-refractivity contribution in [2.75, 3.05) is 11.9 Å². The van der Waals surface area contributed by atoms with Crippen molar-refractivity contribution in [1.82, 2.24) is 9.97 Å². The Hall–Kier alpha value is -2.07. The van der Waals surface area contributed by atoms with E-state index in [4.69, 9.17) is 16.0 Å². The molecule has 5 heteroatoms. The first-order valence-electron chi connectivity index (χ1n) is 6.45. The SMILES string of the molecule is CCNc1cc(-c2cc3cccc(Cl)c3o2)nc(C)n1. The predicted octanol–water partition coefficient (Wildman–Crippen LogP) is 4.28. The number of halogens is 1. The van der Waals surface area contributed by atoms with Crippen LogP contribution in [0.1, 0.15) is 12.7 Å². The summed E-state index contributed by atoms with van der Waals surface area (Å²) < 4.78 is 5.82. The summed E-state index contributed by atoms with van der Waals surface area (Å²) in [5, 5.41) is 4.75. The lowest BCUT2D eigenvalue weighted by Gasteiger charge is -2.05. The second kappa shape index (κ2) is 5.13. The van der Waals surface area contributed by atoms with Crippen molar-refractivity contribution in [2.24, 2.45) is 0 Å². The minimum absolute atomic E-state index is 0.603. The van der Waals surface area contributed by atoms with Gasteiger partial charge in [-0.1, -0.05) is 23.7 Å². The third kappa shape index (κ3) is 2.34. The van der Waals surface area contributed by atoms with Crippen molar-refractivity contribution < 1.29 is 4.42 Å². The molecule has 0 radical (unpaired) electrons. The van der Waals surface area contributed by atoms with Crippen molar-refractivity contribution in [1.29, 1.82) is 0 Å². The average Bonchev–Trinajstić information content (AvgIpc) is 2.84. The molecule has 0 bridgehead atoms. The van der Waals surface area contributed by atoms with E-state index >= 15 is 0 Å². The Balaban J connectivity index is 2.12. The van der Waals surface area contributed by atoms with Crippen LogP contribution < -0.4 is 5.32 Å². The number of hydrogen-bond acceptors (Lipinski definition) is 4. The molecular weight excluding hydrogens is 274 g/mol. The Kier molecular flexibility index (Phi) is 3.32. The van der Waals surface area contributed by atoms with Crippen LogP contribution in [0.25, 0.3) is 22.4 Å². The van der Waals surface area contributed by atoms with E-state index in [1.165, 1.54) is 0 Å². The number of anilines is 1. The molecule has 0 aliphatic rings. The summed E-state index contributed by atoms with van der Waals surface area (Å²) >= 11 is 6.13. The third-order valence-electron chi connectivity index (χ3n) is 2.94. The van der Waals surface area contributed by atoms with Crippen LogP contribution in [0.3, 0.4) is 0 Å². The maximum absolute atomic E-state index is 6.13. The molecule has 0 aliphatic heterocycles. The Bertz CT molecular complexity index is 767. The monoisotopic (exact) mass is 287 g/mol. The van der Waals surface area contributed by atoms with Crippen molar-refractivity contribution in [2.45, 2.75) is 13.8 Å². The normalized spacial score (nSPS) is 10.9. The Labute approximate surface area is 121 Å². The van der Waals surface area contributed by atoms with E-state index in [1.807, 2.05) is 44.2 Å². The fraction of sp³-hybridized carbons (Fsp3) is 0.200. The molecule has 2 heterocycles. The van der Waals surface area contributed by atoms with Crippen LogP contribution in [0, 0.1) is 6.92 Å². The summed E-state index contributed by atoms with van der Waals surface area (Å²) in [5.74, 6) is 2.18. The standard InChI is InChI=1S/C15H14ClN3O/c1-3-17-14-8-12(18-9(2)19-14)13-7-10-5-4-6-11(16)15(10)20-13/h4-8H,3H2,1-2H3,(H,17,18,19). The molecule has 2 aromatic heterocycles. The molecular formula is C15H14ClN3O. The van der Waals surface area contributed by atoms with Gasteiger partial charge < -0.3 is 9.73 Å². The highest BCUT2D eigenvalue weighted by molar-refractivity contribution is 6.34. The Morgan fingerprint density at radius 1 is 1.25 bits per heavy atom. The Morgan fingerprint density at radius 2 is 2.10 bits per heavy atom. The molecule has 3 aromatic rings. The van der Waals surface area contributed by atoms with Gasteiger partial charge in [0.1, 0.15) is 17.3 Å². The lowest BCUT2D eigenvalue weighted by molar-refractivity contribution is 0.628. The number of nitrogens with one attached hydrogen (secondary N) is 1. The molecule has 0 aliphatic carbocycles. The van der Waals surface area contributed by atoms with Crippen LogP contribution in [0.15, 0.2) is 34.7 Å². The molecule has 3 rings (SSSR count). The smallest absolute Gasteiger partial charge is 0.154 e. The second-order valence-electron chi connectivity index (χ2n) is 4.48. The minimum atomic E-state index is 0.603. The highest BCUT2D eigenvalue weighted by atomic mass is 35.5. The van der Waals surface area contributed by atoms with Crippen molar-refractivity contribution in [3.05, 3.63) is 41.2 Å². The maximum atomic E-state index is 6.13. The minimum Gasteiger partial charge on any atom is -0.453 e. The predicted molar refractivity (Wildman–Crippen MR) is 81.2 cm³/mol. The molecule has 0 fully saturated rings. The van der Waals surface area contributed by atoms with Gasteiger partial charge >= 0.3 is 0 Å². The van der Waals surface area contributed by atoms with Gasteiger partial charge in [-0.05, 0) is 26.0 Å². The number of para-hydroxylation sites is 1. The molecule has 102 valence electrons. The van der Waals surface area contributed by atoms with Crippen molar-refractivity contribution in [3.8, 4) is 11.5 Å². The molecule has 0 saturated heterocycles. The molecule has 0 unspecified atom stereocenters. The Morgan fingerprint density at radius 3 is 2.85 bits per heavy atom. The van der Waals surface area contributed by atoms with Gasteiger partial charge in [0.25, 0.3) is 0 Å². The number of fused-ring (bicyclic) bond motifs is 1. The zero-order valence-electron chi connectivity index (χ0n) is 11.3. The summed E-state index contributed by atoms with van der Waals surface area (Å²) in [5.41, 5.74) is 1.44. The van der Waals surface area contributed by atoms with Gasteiger partial charge in [0.2, 0.25) is 0 Å². The zero-order chi connectivity index (χ0) is 14.1. The summed E-state index contributed by atoms with van der Waals surface area (Å²) in [6.07, 6.45) is 0. The molecule has 20 heavy (non-hydrogen) atoms. The molecule has 0 atom stereocenters. The molecule has 4 nitrogen and oxygen atoms in total. The quantitative estimate of drug-likeness (QED) is 0.781. The van der Waals surface area contributed by atoms with Gasteiger partial charge in [-0.3, -0.25) is 0 Å². The highest BCUT2D eigenvalue weighted by Crippen LogP contribution is 2.31. The molecule has 0 saturated carbocycles. The van der Waals surface area contributed by atoms with Crippen LogP contribution in [0.4, 0.5) is 5.82 Å². The van der Waals surface area contributed by atoms with Gasteiger partial charge in [0.05, 0.1) is 5.02 Å².